The Morgan fingerprint density at radius 3 is 2.81 bits per heavy atom. The molecule has 1 rings (SSSR count). The van der Waals surface area contributed by atoms with Gasteiger partial charge in [0.1, 0.15) is 5.82 Å². The zero-order valence-corrected chi connectivity index (χ0v) is 10.8. The van der Waals surface area contributed by atoms with Crippen LogP contribution in [0.3, 0.4) is 0 Å². The van der Waals surface area contributed by atoms with Gasteiger partial charge in [-0.3, -0.25) is 5.43 Å². The Hall–Kier alpha value is -1.01. The predicted molar refractivity (Wildman–Crippen MR) is 70.7 cm³/mol. The van der Waals surface area contributed by atoms with Gasteiger partial charge in [0.05, 0.1) is 0 Å². The second kappa shape index (κ2) is 6.55. The second-order valence-electron chi connectivity index (χ2n) is 3.57. The number of aromatic nitrogens is 2. The van der Waals surface area contributed by atoms with E-state index in [2.05, 4.69) is 33.9 Å². The van der Waals surface area contributed by atoms with Crippen molar-refractivity contribution in [1.29, 1.82) is 0 Å². The molecule has 0 radical (unpaired) electrons. The molecule has 0 fully saturated rings. The van der Waals surface area contributed by atoms with E-state index in [4.69, 9.17) is 5.84 Å². The lowest BCUT2D eigenvalue weighted by Crippen LogP contribution is -2.22. The first-order valence-electron chi connectivity index (χ1n) is 5.27. The van der Waals surface area contributed by atoms with E-state index in [-0.39, 0.29) is 0 Å². The van der Waals surface area contributed by atoms with Crippen LogP contribution in [0.2, 0.25) is 0 Å². The summed E-state index contributed by atoms with van der Waals surface area (Å²) in [6.07, 6.45) is 3.16. The molecular weight excluding hydrogens is 222 g/mol. The molecule has 0 aromatic carbocycles. The van der Waals surface area contributed by atoms with Crippen molar-refractivity contribution in [3.8, 4) is 0 Å². The van der Waals surface area contributed by atoms with Gasteiger partial charge >= 0.3 is 0 Å². The number of nitrogen functional groups attached to an aromatic ring is 1. The maximum Gasteiger partial charge on any atom is 0.239 e. The van der Waals surface area contributed by atoms with E-state index in [1.54, 1.807) is 0 Å². The van der Waals surface area contributed by atoms with Gasteiger partial charge < -0.3 is 5.32 Å². The SMILES string of the molecule is CCC(CSC)Nc1cc(C)nc(NN)n1. The van der Waals surface area contributed by atoms with E-state index in [0.717, 1.165) is 23.7 Å². The first kappa shape index (κ1) is 13.1. The molecule has 5 nitrogen and oxygen atoms in total. The standard InChI is InChI=1S/C10H19N5S/c1-4-8(6-16-3)13-9-5-7(2)12-10(14-9)15-11/h5,8H,4,6,11H2,1-3H3,(H2,12,13,14,15). The van der Waals surface area contributed by atoms with Crippen LogP contribution in [0.1, 0.15) is 19.0 Å². The van der Waals surface area contributed by atoms with E-state index in [1.807, 2.05) is 24.8 Å². The highest BCUT2D eigenvalue weighted by Crippen LogP contribution is 2.12. The number of thioether (sulfide) groups is 1. The molecule has 16 heavy (non-hydrogen) atoms. The van der Waals surface area contributed by atoms with Crippen molar-refractivity contribution in [3.05, 3.63) is 11.8 Å². The summed E-state index contributed by atoms with van der Waals surface area (Å²) in [5.74, 6) is 7.63. The summed E-state index contributed by atoms with van der Waals surface area (Å²) in [6.45, 7) is 4.08. The summed E-state index contributed by atoms with van der Waals surface area (Å²) in [5.41, 5.74) is 3.36. The van der Waals surface area contributed by atoms with Crippen molar-refractivity contribution in [3.63, 3.8) is 0 Å². The third-order valence-electron chi connectivity index (χ3n) is 2.20. The van der Waals surface area contributed by atoms with Gasteiger partial charge in [-0.25, -0.2) is 10.8 Å². The van der Waals surface area contributed by atoms with Crippen LogP contribution in [0.15, 0.2) is 6.07 Å². The summed E-state index contributed by atoms with van der Waals surface area (Å²) >= 11 is 1.82. The molecule has 0 bridgehead atoms. The van der Waals surface area contributed by atoms with Gasteiger partial charge in [0.2, 0.25) is 5.95 Å². The number of hydrazine groups is 1. The van der Waals surface area contributed by atoms with Crippen molar-refractivity contribution in [2.45, 2.75) is 26.3 Å². The third-order valence-corrected chi connectivity index (χ3v) is 2.93. The predicted octanol–water partition coefficient (Wildman–Crippen LogP) is 1.62. The van der Waals surface area contributed by atoms with Gasteiger partial charge in [-0.05, 0) is 19.6 Å². The molecule has 0 aliphatic carbocycles. The molecule has 4 N–H and O–H groups in total. The van der Waals surface area contributed by atoms with Crippen LogP contribution in [-0.4, -0.2) is 28.0 Å². The fourth-order valence-corrected chi connectivity index (χ4v) is 2.10. The van der Waals surface area contributed by atoms with Crippen LogP contribution < -0.4 is 16.6 Å². The monoisotopic (exact) mass is 241 g/mol. The Labute approximate surface area is 101 Å². The molecule has 1 unspecified atom stereocenters. The molecule has 6 heteroatoms. The minimum absolute atomic E-state index is 0.426. The average Bonchev–Trinajstić information content (AvgIpc) is 2.27. The van der Waals surface area contributed by atoms with E-state index in [0.29, 0.717) is 12.0 Å². The van der Waals surface area contributed by atoms with Gasteiger partial charge in [0.15, 0.2) is 0 Å². The van der Waals surface area contributed by atoms with Crippen molar-refractivity contribution in [1.82, 2.24) is 9.97 Å². The summed E-state index contributed by atoms with van der Waals surface area (Å²) in [6, 6.07) is 2.35. The number of anilines is 2. The van der Waals surface area contributed by atoms with E-state index < -0.39 is 0 Å². The lowest BCUT2D eigenvalue weighted by Gasteiger charge is -2.16. The number of rotatable bonds is 6. The highest BCUT2D eigenvalue weighted by Gasteiger charge is 2.07. The van der Waals surface area contributed by atoms with Gasteiger partial charge in [-0.2, -0.15) is 16.7 Å². The van der Waals surface area contributed by atoms with Gasteiger partial charge in [-0.1, -0.05) is 6.92 Å². The molecule has 90 valence electrons. The molecule has 0 spiro atoms. The topological polar surface area (TPSA) is 75.9 Å². The number of aryl methyl sites for hydroxylation is 1. The molecule has 0 aliphatic heterocycles. The Kier molecular flexibility index (Phi) is 5.34. The minimum Gasteiger partial charge on any atom is -0.366 e. The second-order valence-corrected chi connectivity index (χ2v) is 4.48. The average molecular weight is 241 g/mol. The van der Waals surface area contributed by atoms with Gasteiger partial charge in [0.25, 0.3) is 0 Å². The Balaban J connectivity index is 2.74. The Morgan fingerprint density at radius 1 is 1.50 bits per heavy atom. The Bertz CT molecular complexity index is 331. The lowest BCUT2D eigenvalue weighted by atomic mass is 10.2. The number of nitrogens with one attached hydrogen (secondary N) is 2. The summed E-state index contributed by atoms with van der Waals surface area (Å²) in [7, 11) is 0. The quantitative estimate of drug-likeness (QED) is 0.519. The third kappa shape index (κ3) is 3.86. The number of hydrogen-bond acceptors (Lipinski definition) is 6. The van der Waals surface area contributed by atoms with Crippen molar-refractivity contribution in [2.75, 3.05) is 22.8 Å². The minimum atomic E-state index is 0.426. The molecule has 0 saturated heterocycles. The molecule has 1 aromatic heterocycles. The molecular formula is C10H19N5S. The number of nitrogens with two attached hydrogens (primary N) is 1. The molecule has 1 heterocycles. The largest absolute Gasteiger partial charge is 0.366 e. The van der Waals surface area contributed by atoms with E-state index >= 15 is 0 Å². The van der Waals surface area contributed by atoms with Gasteiger partial charge in [-0.15, -0.1) is 0 Å². The Morgan fingerprint density at radius 2 is 2.25 bits per heavy atom. The van der Waals surface area contributed by atoms with Crippen molar-refractivity contribution >= 4 is 23.5 Å². The zero-order chi connectivity index (χ0) is 12.0. The first-order valence-corrected chi connectivity index (χ1v) is 6.66. The summed E-state index contributed by atoms with van der Waals surface area (Å²) in [5, 5.41) is 3.38. The molecule has 1 aromatic rings. The fraction of sp³-hybridized carbons (Fsp3) is 0.600. The smallest absolute Gasteiger partial charge is 0.239 e. The van der Waals surface area contributed by atoms with Crippen LogP contribution >= 0.6 is 11.8 Å². The maximum atomic E-state index is 5.30. The summed E-state index contributed by atoms with van der Waals surface area (Å²) in [4.78, 5) is 8.39. The van der Waals surface area contributed by atoms with Crippen LogP contribution in [0, 0.1) is 6.92 Å². The lowest BCUT2D eigenvalue weighted by molar-refractivity contribution is 0.768. The highest BCUT2D eigenvalue weighted by molar-refractivity contribution is 7.98. The van der Waals surface area contributed by atoms with Crippen LogP contribution in [-0.2, 0) is 0 Å². The van der Waals surface area contributed by atoms with E-state index in [9.17, 15) is 0 Å². The fourth-order valence-electron chi connectivity index (χ4n) is 1.38. The highest BCUT2D eigenvalue weighted by atomic mass is 32.2. The van der Waals surface area contributed by atoms with Crippen molar-refractivity contribution in [2.24, 2.45) is 5.84 Å². The van der Waals surface area contributed by atoms with Crippen LogP contribution in [0.5, 0.6) is 0 Å². The molecule has 0 aliphatic rings. The molecule has 0 saturated carbocycles. The number of nitrogens with zero attached hydrogens (tertiary/aromatic N) is 2. The number of hydrogen-bond donors (Lipinski definition) is 3. The van der Waals surface area contributed by atoms with Gasteiger partial charge in [0, 0.05) is 23.6 Å². The van der Waals surface area contributed by atoms with Crippen LogP contribution in [0.25, 0.3) is 0 Å². The van der Waals surface area contributed by atoms with Crippen LogP contribution in [0.4, 0.5) is 11.8 Å². The zero-order valence-electron chi connectivity index (χ0n) is 9.95. The molecule has 1 atom stereocenters. The molecule has 0 amide bonds. The van der Waals surface area contributed by atoms with E-state index in [1.165, 1.54) is 0 Å². The maximum absolute atomic E-state index is 5.30. The normalized spacial score (nSPS) is 12.2. The summed E-state index contributed by atoms with van der Waals surface area (Å²) < 4.78 is 0. The first-order chi connectivity index (χ1) is 7.69. The van der Waals surface area contributed by atoms with Crippen molar-refractivity contribution < 1.29 is 0 Å².